The van der Waals surface area contributed by atoms with E-state index in [0.29, 0.717) is 22.5 Å². The molecule has 1 aliphatic heterocycles. The summed E-state index contributed by atoms with van der Waals surface area (Å²) in [5.41, 5.74) is 0.977. The van der Waals surface area contributed by atoms with Crippen LogP contribution in [0.3, 0.4) is 0 Å². The second-order valence-electron chi connectivity index (χ2n) is 8.73. The third-order valence-electron chi connectivity index (χ3n) is 6.07. The number of fused-ring (bicyclic) bond motifs is 1. The number of unbranched alkanes of at least 4 members (excludes halogenated alkanes) is 1. The minimum absolute atomic E-state index is 0.206. The highest BCUT2D eigenvalue weighted by Crippen LogP contribution is 2.36. The molecule has 4 rings (SSSR count). The molecule has 1 atom stereocenters. The zero-order valence-electron chi connectivity index (χ0n) is 19.4. The Hall–Kier alpha value is -2.85. The lowest BCUT2D eigenvalue weighted by atomic mass is 10.0. The molecule has 10 heteroatoms. The summed E-state index contributed by atoms with van der Waals surface area (Å²) in [6.45, 7) is 4.79. The number of piperazine rings is 1. The molecule has 6 nitrogen and oxygen atoms in total. The Bertz CT molecular complexity index is 1170. The molecule has 0 saturated carbocycles. The molecule has 3 aromatic rings. The van der Waals surface area contributed by atoms with E-state index < -0.39 is 17.7 Å². The summed E-state index contributed by atoms with van der Waals surface area (Å²) in [5, 5.41) is 9.60. The van der Waals surface area contributed by atoms with E-state index in [4.69, 9.17) is 9.84 Å². The number of hydrogen-bond donors (Lipinski definition) is 1. The highest BCUT2D eigenvalue weighted by atomic mass is 32.1. The van der Waals surface area contributed by atoms with E-state index in [1.165, 1.54) is 23.5 Å². The van der Waals surface area contributed by atoms with E-state index in [9.17, 15) is 18.0 Å². The molecule has 0 amide bonds. The van der Waals surface area contributed by atoms with Crippen molar-refractivity contribution in [1.29, 1.82) is 0 Å². The van der Waals surface area contributed by atoms with Crippen LogP contribution in [0.2, 0.25) is 0 Å². The number of carboxylic acid groups (broad SMARTS) is 1. The molecule has 2 aromatic carbocycles. The predicted octanol–water partition coefficient (Wildman–Crippen LogP) is 5.66. The van der Waals surface area contributed by atoms with E-state index in [0.717, 1.165) is 55.7 Å². The standard InChI is InChI=1S/C25H28F3N3O3S/c1-2-3-6-19-15-30(14-17-5-4-7-20(12-17)34-16-23(32)33)10-11-31(19)24-29-21-9-8-18(25(26,27)28)13-22(21)35-24/h4-5,7-9,12-13,19H,2-3,6,10-11,14-16H2,1H3,(H,32,33)/t19-/m1/s1. The Morgan fingerprint density at radius 1 is 1.23 bits per heavy atom. The fourth-order valence-electron chi connectivity index (χ4n) is 4.35. The minimum atomic E-state index is -4.37. The summed E-state index contributed by atoms with van der Waals surface area (Å²) < 4.78 is 45.3. The van der Waals surface area contributed by atoms with Crippen LogP contribution < -0.4 is 9.64 Å². The highest BCUT2D eigenvalue weighted by molar-refractivity contribution is 7.22. The van der Waals surface area contributed by atoms with Gasteiger partial charge in [-0.1, -0.05) is 43.2 Å². The molecule has 2 heterocycles. The minimum Gasteiger partial charge on any atom is -0.482 e. The van der Waals surface area contributed by atoms with E-state index in [1.807, 2.05) is 18.2 Å². The number of carboxylic acids is 1. The number of carbonyl (C=O) groups is 1. The Morgan fingerprint density at radius 3 is 2.80 bits per heavy atom. The van der Waals surface area contributed by atoms with Crippen LogP contribution in [0.4, 0.5) is 18.3 Å². The van der Waals surface area contributed by atoms with E-state index in [-0.39, 0.29) is 12.6 Å². The summed E-state index contributed by atoms with van der Waals surface area (Å²) in [7, 11) is 0. The summed E-state index contributed by atoms with van der Waals surface area (Å²) in [4.78, 5) is 20.0. The summed E-state index contributed by atoms with van der Waals surface area (Å²) in [5.74, 6) is -0.492. The number of ether oxygens (including phenoxy) is 1. The number of hydrogen-bond acceptors (Lipinski definition) is 6. The quantitative estimate of drug-likeness (QED) is 0.403. The van der Waals surface area contributed by atoms with E-state index in [1.54, 1.807) is 6.07 Å². The largest absolute Gasteiger partial charge is 0.482 e. The van der Waals surface area contributed by atoms with Gasteiger partial charge in [0.05, 0.1) is 15.8 Å². The lowest BCUT2D eigenvalue weighted by Gasteiger charge is -2.41. The zero-order valence-corrected chi connectivity index (χ0v) is 20.2. The van der Waals surface area contributed by atoms with Crippen LogP contribution in [0.5, 0.6) is 5.75 Å². The molecule has 188 valence electrons. The third kappa shape index (κ3) is 6.43. The maximum atomic E-state index is 13.1. The first-order chi connectivity index (χ1) is 16.7. The molecule has 1 fully saturated rings. The Kier molecular flexibility index (Phi) is 7.81. The molecule has 1 saturated heterocycles. The predicted molar refractivity (Wildman–Crippen MR) is 130 cm³/mol. The van der Waals surface area contributed by atoms with Gasteiger partial charge in [0, 0.05) is 32.2 Å². The maximum Gasteiger partial charge on any atom is 0.416 e. The number of benzene rings is 2. The van der Waals surface area contributed by atoms with Crippen molar-refractivity contribution < 1.29 is 27.8 Å². The van der Waals surface area contributed by atoms with Crippen molar-refractivity contribution in [3.8, 4) is 5.75 Å². The van der Waals surface area contributed by atoms with Gasteiger partial charge in [0.15, 0.2) is 11.7 Å². The van der Waals surface area contributed by atoms with Crippen molar-refractivity contribution in [2.45, 2.75) is 44.9 Å². The first kappa shape index (κ1) is 25.2. The van der Waals surface area contributed by atoms with Crippen LogP contribution in [0, 0.1) is 0 Å². The van der Waals surface area contributed by atoms with Gasteiger partial charge in [-0.15, -0.1) is 0 Å². The average Bonchev–Trinajstić information content (AvgIpc) is 3.24. The fraction of sp³-hybridized carbons (Fsp3) is 0.440. The van der Waals surface area contributed by atoms with E-state index in [2.05, 4.69) is 21.7 Å². The number of alkyl halides is 3. The van der Waals surface area contributed by atoms with Gasteiger partial charge in [-0.05, 0) is 42.3 Å². The van der Waals surface area contributed by atoms with Gasteiger partial charge in [-0.25, -0.2) is 9.78 Å². The van der Waals surface area contributed by atoms with Gasteiger partial charge in [-0.2, -0.15) is 13.2 Å². The van der Waals surface area contributed by atoms with Crippen molar-refractivity contribution >= 4 is 32.7 Å². The number of rotatable bonds is 9. The number of aliphatic carboxylic acids is 1. The Balaban J connectivity index is 1.48. The van der Waals surface area contributed by atoms with Crippen LogP contribution in [-0.2, 0) is 17.5 Å². The molecule has 0 spiro atoms. The van der Waals surface area contributed by atoms with Crippen LogP contribution in [-0.4, -0.2) is 53.2 Å². The molecule has 0 unspecified atom stereocenters. The van der Waals surface area contributed by atoms with Gasteiger partial charge in [0.1, 0.15) is 5.75 Å². The molecule has 35 heavy (non-hydrogen) atoms. The van der Waals surface area contributed by atoms with Gasteiger partial charge in [0.25, 0.3) is 0 Å². The van der Waals surface area contributed by atoms with Crippen molar-refractivity contribution in [2.24, 2.45) is 0 Å². The normalized spacial score (nSPS) is 17.1. The summed E-state index contributed by atoms with van der Waals surface area (Å²) >= 11 is 1.32. The average molecular weight is 508 g/mol. The van der Waals surface area contributed by atoms with E-state index >= 15 is 0 Å². The molecular formula is C25H28F3N3O3S. The number of thiazole rings is 1. The smallest absolute Gasteiger partial charge is 0.416 e. The van der Waals surface area contributed by atoms with Crippen molar-refractivity contribution in [1.82, 2.24) is 9.88 Å². The van der Waals surface area contributed by atoms with Gasteiger partial charge < -0.3 is 14.7 Å². The third-order valence-corrected chi connectivity index (χ3v) is 7.13. The van der Waals surface area contributed by atoms with Crippen molar-refractivity contribution in [2.75, 3.05) is 31.1 Å². The zero-order chi connectivity index (χ0) is 25.0. The molecule has 0 radical (unpaired) electrons. The lowest BCUT2D eigenvalue weighted by Crippen LogP contribution is -2.53. The van der Waals surface area contributed by atoms with Crippen molar-refractivity contribution in [3.05, 3.63) is 53.6 Å². The first-order valence-corrected chi connectivity index (χ1v) is 12.4. The first-order valence-electron chi connectivity index (χ1n) is 11.6. The van der Waals surface area contributed by atoms with Crippen LogP contribution >= 0.6 is 11.3 Å². The lowest BCUT2D eigenvalue weighted by molar-refractivity contribution is -0.139. The Morgan fingerprint density at radius 2 is 2.06 bits per heavy atom. The van der Waals surface area contributed by atoms with Gasteiger partial charge in [-0.3, -0.25) is 4.90 Å². The molecule has 0 aliphatic carbocycles. The number of halogens is 3. The second kappa shape index (κ2) is 10.8. The molecule has 0 bridgehead atoms. The molecule has 1 aromatic heterocycles. The SMILES string of the molecule is CCCC[C@@H]1CN(Cc2cccc(OCC(=O)O)c2)CCN1c1nc2ccc(C(F)(F)F)cc2s1. The number of anilines is 1. The molecule has 1 aliphatic rings. The summed E-state index contributed by atoms with van der Waals surface area (Å²) in [6.07, 6.45) is -1.29. The van der Waals surface area contributed by atoms with Crippen LogP contribution in [0.15, 0.2) is 42.5 Å². The number of nitrogens with zero attached hydrogens (tertiary/aromatic N) is 3. The van der Waals surface area contributed by atoms with Gasteiger partial charge in [0.2, 0.25) is 0 Å². The Labute approximate surface area is 205 Å². The number of aromatic nitrogens is 1. The monoisotopic (exact) mass is 507 g/mol. The molecule has 1 N–H and O–H groups in total. The second-order valence-corrected chi connectivity index (χ2v) is 9.74. The maximum absolute atomic E-state index is 13.1. The van der Waals surface area contributed by atoms with Crippen LogP contribution in [0.25, 0.3) is 10.2 Å². The van der Waals surface area contributed by atoms with Crippen molar-refractivity contribution in [3.63, 3.8) is 0 Å². The summed E-state index contributed by atoms with van der Waals surface area (Å²) in [6, 6.07) is 11.4. The topological polar surface area (TPSA) is 65.9 Å². The van der Waals surface area contributed by atoms with Crippen LogP contribution in [0.1, 0.15) is 37.3 Å². The highest BCUT2D eigenvalue weighted by Gasteiger charge is 2.32. The van der Waals surface area contributed by atoms with Gasteiger partial charge >= 0.3 is 12.1 Å². The fourth-order valence-corrected chi connectivity index (χ4v) is 5.45. The molecular weight excluding hydrogens is 479 g/mol.